The zero-order chi connectivity index (χ0) is 13.0. The number of nitrogens with zero attached hydrogens (tertiary/aromatic N) is 3. The highest BCUT2D eigenvalue weighted by molar-refractivity contribution is 5.01. The van der Waals surface area contributed by atoms with Crippen molar-refractivity contribution in [3.8, 4) is 0 Å². The number of H-pyrrole nitrogens is 1. The summed E-state index contributed by atoms with van der Waals surface area (Å²) < 4.78 is 10.9. The predicted molar refractivity (Wildman–Crippen MR) is 67.3 cm³/mol. The molecular weight excluding hydrogens is 232 g/mol. The van der Waals surface area contributed by atoms with Gasteiger partial charge in [0.05, 0.1) is 18.8 Å². The van der Waals surface area contributed by atoms with Crippen LogP contribution < -0.4 is 0 Å². The highest BCUT2D eigenvalue weighted by Gasteiger charge is 2.35. The minimum Gasteiger partial charge on any atom is -0.380 e. The molecule has 102 valence electrons. The van der Waals surface area contributed by atoms with Crippen molar-refractivity contribution in [3.05, 3.63) is 11.6 Å². The second-order valence-corrected chi connectivity index (χ2v) is 4.58. The topological polar surface area (TPSA) is 63.3 Å². The van der Waals surface area contributed by atoms with Gasteiger partial charge in [-0.1, -0.05) is 0 Å². The van der Waals surface area contributed by atoms with Crippen LogP contribution in [0, 0.1) is 6.92 Å². The van der Waals surface area contributed by atoms with Crippen LogP contribution in [0.3, 0.4) is 0 Å². The standard InChI is InChI=1S/C12H22N4O2/c1-4-18-6-5-16-8-10(17-3)7-11(16)12-13-9(2)14-15-12/h10-11H,4-8H2,1-3H3,(H,13,14,15)/t10-,11+/m1/s1. The molecule has 2 heterocycles. The fourth-order valence-electron chi connectivity index (χ4n) is 2.38. The summed E-state index contributed by atoms with van der Waals surface area (Å²) in [7, 11) is 1.76. The second kappa shape index (κ2) is 6.26. The Morgan fingerprint density at radius 2 is 2.33 bits per heavy atom. The first-order valence-electron chi connectivity index (χ1n) is 6.48. The molecule has 0 aromatic carbocycles. The van der Waals surface area contributed by atoms with Gasteiger partial charge in [0.1, 0.15) is 5.82 Å². The highest BCUT2D eigenvalue weighted by Crippen LogP contribution is 2.30. The second-order valence-electron chi connectivity index (χ2n) is 4.58. The molecule has 18 heavy (non-hydrogen) atoms. The Kier molecular flexibility index (Phi) is 4.68. The molecule has 6 nitrogen and oxygen atoms in total. The van der Waals surface area contributed by atoms with Gasteiger partial charge in [-0.3, -0.25) is 10.00 Å². The Bertz CT molecular complexity index is 369. The molecule has 1 aromatic heterocycles. The quantitative estimate of drug-likeness (QED) is 0.765. The van der Waals surface area contributed by atoms with E-state index in [0.29, 0.717) is 0 Å². The first-order chi connectivity index (χ1) is 8.74. The molecule has 2 rings (SSSR count). The van der Waals surface area contributed by atoms with Crippen LogP contribution in [0.5, 0.6) is 0 Å². The van der Waals surface area contributed by atoms with Crippen LogP contribution in [-0.2, 0) is 9.47 Å². The molecule has 2 atom stereocenters. The Balaban J connectivity index is 2.00. The summed E-state index contributed by atoms with van der Waals surface area (Å²) in [6.07, 6.45) is 1.20. The van der Waals surface area contributed by atoms with E-state index in [9.17, 15) is 0 Å². The lowest BCUT2D eigenvalue weighted by Gasteiger charge is -2.21. The third-order valence-electron chi connectivity index (χ3n) is 3.34. The molecule has 0 aliphatic carbocycles. The molecule has 0 radical (unpaired) electrons. The van der Waals surface area contributed by atoms with Crippen molar-refractivity contribution in [2.24, 2.45) is 0 Å². The van der Waals surface area contributed by atoms with E-state index in [2.05, 4.69) is 20.1 Å². The molecule has 1 aromatic rings. The Morgan fingerprint density at radius 1 is 1.50 bits per heavy atom. The van der Waals surface area contributed by atoms with E-state index in [1.165, 1.54) is 0 Å². The third kappa shape index (κ3) is 3.07. The zero-order valence-electron chi connectivity index (χ0n) is 11.3. The maximum atomic E-state index is 5.46. The summed E-state index contributed by atoms with van der Waals surface area (Å²) in [5, 5.41) is 7.18. The van der Waals surface area contributed by atoms with Crippen LogP contribution >= 0.6 is 0 Å². The number of likely N-dealkylation sites (tertiary alicyclic amines) is 1. The lowest BCUT2D eigenvalue weighted by Crippen LogP contribution is -2.29. The van der Waals surface area contributed by atoms with Gasteiger partial charge in [0.15, 0.2) is 5.82 Å². The molecule has 1 aliphatic rings. The number of nitrogens with one attached hydrogen (secondary N) is 1. The Morgan fingerprint density at radius 3 is 2.94 bits per heavy atom. The lowest BCUT2D eigenvalue weighted by atomic mass is 10.2. The molecule has 0 unspecified atom stereocenters. The van der Waals surface area contributed by atoms with Crippen molar-refractivity contribution in [1.82, 2.24) is 20.1 Å². The van der Waals surface area contributed by atoms with Gasteiger partial charge in [-0.15, -0.1) is 0 Å². The van der Waals surface area contributed by atoms with Crippen molar-refractivity contribution < 1.29 is 9.47 Å². The normalized spacial score (nSPS) is 24.8. The number of hydrogen-bond acceptors (Lipinski definition) is 5. The van der Waals surface area contributed by atoms with Crippen LogP contribution in [0.25, 0.3) is 0 Å². The average Bonchev–Trinajstić information content (AvgIpc) is 2.95. The SMILES string of the molecule is CCOCCN1C[C@H](OC)C[C@H]1c1n[nH]c(C)n1. The summed E-state index contributed by atoms with van der Waals surface area (Å²) >= 11 is 0. The van der Waals surface area contributed by atoms with E-state index in [1.807, 2.05) is 13.8 Å². The molecular formula is C12H22N4O2. The van der Waals surface area contributed by atoms with Crippen LogP contribution in [0.1, 0.15) is 31.0 Å². The summed E-state index contributed by atoms with van der Waals surface area (Å²) in [6, 6.07) is 0.236. The summed E-state index contributed by atoms with van der Waals surface area (Å²) in [4.78, 5) is 6.77. The van der Waals surface area contributed by atoms with Crippen molar-refractivity contribution in [1.29, 1.82) is 0 Å². The zero-order valence-corrected chi connectivity index (χ0v) is 11.3. The monoisotopic (exact) mass is 254 g/mol. The molecule has 0 amide bonds. The van der Waals surface area contributed by atoms with E-state index in [0.717, 1.165) is 44.4 Å². The van der Waals surface area contributed by atoms with Crippen LogP contribution in [0.2, 0.25) is 0 Å². The van der Waals surface area contributed by atoms with Gasteiger partial charge < -0.3 is 9.47 Å². The highest BCUT2D eigenvalue weighted by atomic mass is 16.5. The van der Waals surface area contributed by atoms with Gasteiger partial charge in [0.25, 0.3) is 0 Å². The molecule has 1 aliphatic heterocycles. The summed E-state index contributed by atoms with van der Waals surface area (Å²) in [5.74, 6) is 1.72. The van der Waals surface area contributed by atoms with Gasteiger partial charge in [-0.05, 0) is 20.3 Å². The largest absolute Gasteiger partial charge is 0.380 e. The smallest absolute Gasteiger partial charge is 0.167 e. The number of aryl methyl sites for hydroxylation is 1. The number of rotatable bonds is 6. The molecule has 1 fully saturated rings. The van der Waals surface area contributed by atoms with Crippen LogP contribution in [0.4, 0.5) is 0 Å². The molecule has 1 saturated heterocycles. The third-order valence-corrected chi connectivity index (χ3v) is 3.34. The fraction of sp³-hybridized carbons (Fsp3) is 0.833. The van der Waals surface area contributed by atoms with Crippen molar-refractivity contribution in [2.45, 2.75) is 32.4 Å². The molecule has 0 saturated carbocycles. The van der Waals surface area contributed by atoms with E-state index < -0.39 is 0 Å². The summed E-state index contributed by atoms with van der Waals surface area (Å²) in [5.41, 5.74) is 0. The number of aromatic nitrogens is 3. The van der Waals surface area contributed by atoms with Gasteiger partial charge >= 0.3 is 0 Å². The van der Waals surface area contributed by atoms with Gasteiger partial charge in [0.2, 0.25) is 0 Å². The maximum Gasteiger partial charge on any atom is 0.167 e. The van der Waals surface area contributed by atoms with Gasteiger partial charge in [-0.25, -0.2) is 4.98 Å². The van der Waals surface area contributed by atoms with Crippen LogP contribution in [-0.4, -0.2) is 59.6 Å². The molecule has 1 N–H and O–H groups in total. The number of aromatic amines is 1. The Hall–Kier alpha value is -0.980. The van der Waals surface area contributed by atoms with Crippen molar-refractivity contribution in [2.75, 3.05) is 33.4 Å². The summed E-state index contributed by atoms with van der Waals surface area (Å²) in [6.45, 7) is 7.24. The number of methoxy groups -OCH3 is 1. The van der Waals surface area contributed by atoms with Crippen LogP contribution in [0.15, 0.2) is 0 Å². The first-order valence-corrected chi connectivity index (χ1v) is 6.48. The average molecular weight is 254 g/mol. The molecule has 0 spiro atoms. The van der Waals surface area contributed by atoms with E-state index in [1.54, 1.807) is 7.11 Å². The van der Waals surface area contributed by atoms with Crippen molar-refractivity contribution >= 4 is 0 Å². The van der Waals surface area contributed by atoms with E-state index in [-0.39, 0.29) is 12.1 Å². The fourth-order valence-corrected chi connectivity index (χ4v) is 2.38. The first kappa shape index (κ1) is 13.5. The molecule has 6 heteroatoms. The number of ether oxygens (including phenoxy) is 2. The number of hydrogen-bond donors (Lipinski definition) is 1. The van der Waals surface area contributed by atoms with E-state index >= 15 is 0 Å². The predicted octanol–water partition coefficient (Wildman–Crippen LogP) is 0.911. The van der Waals surface area contributed by atoms with Gasteiger partial charge in [0, 0.05) is 26.8 Å². The minimum atomic E-state index is 0.236. The van der Waals surface area contributed by atoms with Gasteiger partial charge in [-0.2, -0.15) is 5.10 Å². The van der Waals surface area contributed by atoms with Crippen molar-refractivity contribution in [3.63, 3.8) is 0 Å². The van der Waals surface area contributed by atoms with E-state index in [4.69, 9.17) is 9.47 Å². The lowest BCUT2D eigenvalue weighted by molar-refractivity contribution is 0.0890. The Labute approximate surface area is 108 Å². The maximum absolute atomic E-state index is 5.46. The minimum absolute atomic E-state index is 0.236. The molecule has 0 bridgehead atoms.